The molecule has 0 radical (unpaired) electrons. The standard InChI is InChI=1S/C17H21F2N3O2S/c1-21-11-17(20-12-21)25(23,24)22-8-2-3-13(10-22)4-5-14-6-7-15(18)9-16(14)19/h6-7,9,11-13H,2-5,8,10H2,1H3/t13-/m1/s1. The Hall–Kier alpha value is -1.80. The molecule has 0 spiro atoms. The van der Waals surface area contributed by atoms with Gasteiger partial charge in [0.1, 0.15) is 11.6 Å². The highest BCUT2D eigenvalue weighted by Gasteiger charge is 2.31. The molecule has 3 rings (SSSR count). The average molecular weight is 369 g/mol. The van der Waals surface area contributed by atoms with E-state index in [1.165, 1.54) is 29.0 Å². The van der Waals surface area contributed by atoms with E-state index in [-0.39, 0.29) is 10.9 Å². The number of nitrogens with zero attached hydrogens (tertiary/aromatic N) is 3. The highest BCUT2D eigenvalue weighted by Crippen LogP contribution is 2.26. The quantitative estimate of drug-likeness (QED) is 0.814. The van der Waals surface area contributed by atoms with Crippen molar-refractivity contribution in [1.29, 1.82) is 0 Å². The van der Waals surface area contributed by atoms with Crippen LogP contribution >= 0.6 is 0 Å². The van der Waals surface area contributed by atoms with Crippen molar-refractivity contribution < 1.29 is 17.2 Å². The molecule has 1 fully saturated rings. The molecule has 136 valence electrons. The Balaban J connectivity index is 1.65. The van der Waals surface area contributed by atoms with Crippen LogP contribution in [0.5, 0.6) is 0 Å². The van der Waals surface area contributed by atoms with Gasteiger partial charge in [-0.3, -0.25) is 0 Å². The van der Waals surface area contributed by atoms with E-state index in [1.807, 2.05) is 0 Å². The first kappa shape index (κ1) is 18.0. The van der Waals surface area contributed by atoms with E-state index >= 15 is 0 Å². The Labute approximate surface area is 146 Å². The van der Waals surface area contributed by atoms with E-state index in [1.54, 1.807) is 11.6 Å². The maximum absolute atomic E-state index is 13.7. The van der Waals surface area contributed by atoms with Gasteiger partial charge in [0.15, 0.2) is 5.03 Å². The van der Waals surface area contributed by atoms with E-state index in [4.69, 9.17) is 0 Å². The molecule has 0 saturated carbocycles. The van der Waals surface area contributed by atoms with Crippen LogP contribution in [0.3, 0.4) is 0 Å². The van der Waals surface area contributed by atoms with Gasteiger partial charge in [0, 0.05) is 32.4 Å². The van der Waals surface area contributed by atoms with Crippen molar-refractivity contribution in [3.8, 4) is 0 Å². The third kappa shape index (κ3) is 4.07. The van der Waals surface area contributed by atoms with Crippen molar-refractivity contribution in [1.82, 2.24) is 13.9 Å². The normalized spacial score (nSPS) is 19.2. The van der Waals surface area contributed by atoms with E-state index in [9.17, 15) is 17.2 Å². The minimum absolute atomic E-state index is 0.0558. The lowest BCUT2D eigenvalue weighted by Crippen LogP contribution is -2.40. The molecule has 8 heteroatoms. The Kier molecular flexibility index (Phi) is 5.19. The van der Waals surface area contributed by atoms with Gasteiger partial charge in [0.25, 0.3) is 10.0 Å². The number of aromatic nitrogens is 2. The van der Waals surface area contributed by atoms with Crippen LogP contribution in [-0.2, 0) is 23.5 Å². The van der Waals surface area contributed by atoms with Crippen molar-refractivity contribution in [3.63, 3.8) is 0 Å². The summed E-state index contributed by atoms with van der Waals surface area (Å²) >= 11 is 0. The summed E-state index contributed by atoms with van der Waals surface area (Å²) in [5.41, 5.74) is 0.464. The van der Waals surface area contributed by atoms with Crippen molar-refractivity contribution >= 4 is 10.0 Å². The van der Waals surface area contributed by atoms with Crippen molar-refractivity contribution in [2.24, 2.45) is 13.0 Å². The summed E-state index contributed by atoms with van der Waals surface area (Å²) in [6.07, 6.45) is 5.75. The van der Waals surface area contributed by atoms with Gasteiger partial charge in [0.05, 0.1) is 6.33 Å². The summed E-state index contributed by atoms with van der Waals surface area (Å²) < 4.78 is 55.1. The highest BCUT2D eigenvalue weighted by atomic mass is 32.2. The molecule has 1 atom stereocenters. The third-order valence-corrected chi connectivity index (χ3v) is 6.36. The number of piperidine rings is 1. The van der Waals surface area contributed by atoms with Crippen LogP contribution in [0.15, 0.2) is 35.7 Å². The number of hydrogen-bond donors (Lipinski definition) is 0. The SMILES string of the molecule is Cn1cnc(S(=O)(=O)N2CCC[C@H](CCc3ccc(F)cc3F)C2)c1. The summed E-state index contributed by atoms with van der Waals surface area (Å²) in [6.45, 7) is 0.877. The second kappa shape index (κ2) is 7.21. The number of aryl methyl sites for hydroxylation is 2. The number of rotatable bonds is 5. The largest absolute Gasteiger partial charge is 0.339 e. The number of hydrogen-bond acceptors (Lipinski definition) is 3. The molecule has 0 bridgehead atoms. The summed E-state index contributed by atoms with van der Waals surface area (Å²) in [4.78, 5) is 3.95. The molecule has 1 aliphatic heterocycles. The molecule has 0 unspecified atom stereocenters. The van der Waals surface area contributed by atoms with E-state index in [2.05, 4.69) is 4.98 Å². The first-order valence-electron chi connectivity index (χ1n) is 8.28. The number of imidazole rings is 1. The van der Waals surface area contributed by atoms with E-state index in [0.29, 0.717) is 31.5 Å². The van der Waals surface area contributed by atoms with Crippen molar-refractivity contribution in [3.05, 3.63) is 47.9 Å². The maximum Gasteiger partial charge on any atom is 0.262 e. The van der Waals surface area contributed by atoms with Crippen LogP contribution in [0.2, 0.25) is 0 Å². The van der Waals surface area contributed by atoms with Gasteiger partial charge < -0.3 is 4.57 Å². The van der Waals surface area contributed by atoms with Gasteiger partial charge in [-0.25, -0.2) is 22.2 Å². The first-order valence-corrected chi connectivity index (χ1v) is 9.72. The van der Waals surface area contributed by atoms with Gasteiger partial charge >= 0.3 is 0 Å². The minimum atomic E-state index is -3.59. The lowest BCUT2D eigenvalue weighted by Gasteiger charge is -2.31. The number of benzene rings is 1. The Morgan fingerprint density at radius 3 is 2.80 bits per heavy atom. The Morgan fingerprint density at radius 2 is 2.12 bits per heavy atom. The maximum atomic E-state index is 13.7. The fourth-order valence-corrected chi connectivity index (χ4v) is 4.74. The van der Waals surface area contributed by atoms with Gasteiger partial charge in [-0.1, -0.05) is 6.07 Å². The van der Waals surface area contributed by atoms with Crippen LogP contribution < -0.4 is 0 Å². The smallest absolute Gasteiger partial charge is 0.262 e. The molecule has 0 amide bonds. The van der Waals surface area contributed by atoms with Crippen molar-refractivity contribution in [2.45, 2.75) is 30.7 Å². The van der Waals surface area contributed by atoms with Crippen LogP contribution in [0.25, 0.3) is 0 Å². The monoisotopic (exact) mass is 369 g/mol. The molecular formula is C17H21F2N3O2S. The lowest BCUT2D eigenvalue weighted by molar-refractivity contribution is 0.255. The Bertz CT molecular complexity index is 851. The molecule has 1 aliphatic rings. The van der Waals surface area contributed by atoms with Gasteiger partial charge in [-0.05, 0) is 43.2 Å². The zero-order valence-corrected chi connectivity index (χ0v) is 14.8. The average Bonchev–Trinajstić information content (AvgIpc) is 3.02. The summed E-state index contributed by atoms with van der Waals surface area (Å²) in [6, 6.07) is 3.58. The third-order valence-electron chi connectivity index (χ3n) is 4.60. The number of halogens is 2. The molecule has 25 heavy (non-hydrogen) atoms. The second-order valence-electron chi connectivity index (χ2n) is 6.52. The van der Waals surface area contributed by atoms with E-state index < -0.39 is 21.7 Å². The van der Waals surface area contributed by atoms with E-state index in [0.717, 1.165) is 18.9 Å². The predicted molar refractivity (Wildman–Crippen MR) is 89.4 cm³/mol. The molecular weight excluding hydrogens is 348 g/mol. The van der Waals surface area contributed by atoms with Crippen LogP contribution in [0.1, 0.15) is 24.8 Å². The van der Waals surface area contributed by atoms with Crippen LogP contribution in [0.4, 0.5) is 8.78 Å². The minimum Gasteiger partial charge on any atom is -0.339 e. The Morgan fingerprint density at radius 1 is 1.32 bits per heavy atom. The zero-order chi connectivity index (χ0) is 18.0. The molecule has 1 aromatic heterocycles. The number of sulfonamides is 1. The topological polar surface area (TPSA) is 55.2 Å². The summed E-state index contributed by atoms with van der Waals surface area (Å²) in [5, 5.41) is 0.0558. The molecule has 2 heterocycles. The molecule has 5 nitrogen and oxygen atoms in total. The first-order chi connectivity index (χ1) is 11.9. The predicted octanol–water partition coefficient (Wildman–Crippen LogP) is 2.73. The zero-order valence-electron chi connectivity index (χ0n) is 14.0. The van der Waals surface area contributed by atoms with Crippen LogP contribution in [-0.4, -0.2) is 35.4 Å². The van der Waals surface area contributed by atoms with Gasteiger partial charge in [0.2, 0.25) is 0 Å². The van der Waals surface area contributed by atoms with Gasteiger partial charge in [-0.2, -0.15) is 4.31 Å². The van der Waals surface area contributed by atoms with Crippen molar-refractivity contribution in [2.75, 3.05) is 13.1 Å². The molecule has 0 N–H and O–H groups in total. The molecule has 1 saturated heterocycles. The summed E-state index contributed by atoms with van der Waals surface area (Å²) in [7, 11) is -1.87. The van der Waals surface area contributed by atoms with Gasteiger partial charge in [-0.15, -0.1) is 0 Å². The fraction of sp³-hybridized carbons (Fsp3) is 0.471. The highest BCUT2D eigenvalue weighted by molar-refractivity contribution is 7.89. The second-order valence-corrected chi connectivity index (χ2v) is 8.41. The molecule has 2 aromatic rings. The summed E-state index contributed by atoms with van der Waals surface area (Å²) in [5.74, 6) is -0.989. The fourth-order valence-electron chi connectivity index (χ4n) is 3.22. The molecule has 0 aliphatic carbocycles. The van der Waals surface area contributed by atoms with Crippen LogP contribution in [0, 0.1) is 17.6 Å². The molecule has 1 aromatic carbocycles. The lowest BCUT2D eigenvalue weighted by atomic mass is 9.92.